The molecule has 1 saturated heterocycles. The van der Waals surface area contributed by atoms with Crippen LogP contribution in [0.25, 0.3) is 0 Å². The number of amides is 1. The number of hydrogen-bond acceptors (Lipinski definition) is 3. The molecule has 1 aromatic carbocycles. The maximum absolute atomic E-state index is 13.4. The Morgan fingerprint density at radius 2 is 2.21 bits per heavy atom. The van der Waals surface area contributed by atoms with Gasteiger partial charge in [0.2, 0.25) is 0 Å². The van der Waals surface area contributed by atoms with Crippen LogP contribution in [0.1, 0.15) is 28.9 Å². The van der Waals surface area contributed by atoms with Crippen molar-refractivity contribution >= 4 is 5.91 Å². The first-order chi connectivity index (χ1) is 11.6. The lowest BCUT2D eigenvalue weighted by molar-refractivity contribution is -0.608. The molecule has 0 radical (unpaired) electrons. The summed E-state index contributed by atoms with van der Waals surface area (Å²) in [7, 11) is 0. The first kappa shape index (κ1) is 16.4. The summed E-state index contributed by atoms with van der Waals surface area (Å²) in [6.07, 6.45) is 3.07. The third kappa shape index (κ3) is 3.89. The highest BCUT2D eigenvalue weighted by molar-refractivity contribution is 5.90. The van der Waals surface area contributed by atoms with Gasteiger partial charge in [0.25, 0.3) is 5.69 Å². The Morgan fingerprint density at radius 3 is 2.92 bits per heavy atom. The third-order valence-corrected chi connectivity index (χ3v) is 4.04. The average molecular weight is 330 g/mol. The molecule has 1 atom stereocenters. The Balaban J connectivity index is 1.83. The minimum atomic E-state index is -0.384. The van der Waals surface area contributed by atoms with Gasteiger partial charge in [-0.2, -0.15) is 4.73 Å². The van der Waals surface area contributed by atoms with Crippen molar-refractivity contribution in [1.29, 1.82) is 0 Å². The van der Waals surface area contributed by atoms with E-state index in [0.29, 0.717) is 23.4 Å². The van der Waals surface area contributed by atoms with E-state index in [1.54, 1.807) is 29.2 Å². The van der Waals surface area contributed by atoms with Gasteiger partial charge in [0.05, 0.1) is 6.10 Å². The third-order valence-electron chi connectivity index (χ3n) is 4.04. The maximum Gasteiger partial charge on any atom is 0.320 e. The van der Waals surface area contributed by atoms with Crippen LogP contribution < -0.4 is 4.73 Å². The molecular formula is C18H19FN2O3. The first-order valence-corrected chi connectivity index (χ1v) is 7.97. The van der Waals surface area contributed by atoms with Crippen LogP contribution in [-0.2, 0) is 11.3 Å². The second-order valence-corrected chi connectivity index (χ2v) is 5.86. The van der Waals surface area contributed by atoms with Crippen LogP contribution in [0.5, 0.6) is 0 Å². The van der Waals surface area contributed by atoms with E-state index < -0.39 is 0 Å². The lowest BCUT2D eigenvalue weighted by Crippen LogP contribution is -2.43. The van der Waals surface area contributed by atoms with Gasteiger partial charge in [0, 0.05) is 31.8 Å². The number of carbonyl (C=O) groups is 1. The minimum absolute atomic E-state index is 0.0481. The molecule has 1 aromatic heterocycles. The SMILES string of the molecule is O=C(c1cccc[n+]1[O-])N(Cc1cccc(F)c1)CC1CCCO1. The zero-order chi connectivity index (χ0) is 16.9. The predicted molar refractivity (Wildman–Crippen MR) is 85.5 cm³/mol. The van der Waals surface area contributed by atoms with Crippen LogP contribution in [0.2, 0.25) is 0 Å². The molecule has 0 aliphatic carbocycles. The molecule has 0 spiro atoms. The predicted octanol–water partition coefficient (Wildman–Crippen LogP) is 2.28. The zero-order valence-electron chi connectivity index (χ0n) is 13.2. The summed E-state index contributed by atoms with van der Waals surface area (Å²) in [5.41, 5.74) is 0.724. The fourth-order valence-corrected chi connectivity index (χ4v) is 2.86. The number of nitrogens with zero attached hydrogens (tertiary/aromatic N) is 2. The number of benzene rings is 1. The van der Waals surface area contributed by atoms with Crippen LogP contribution in [-0.4, -0.2) is 30.1 Å². The van der Waals surface area contributed by atoms with Crippen molar-refractivity contribution in [2.45, 2.75) is 25.5 Å². The van der Waals surface area contributed by atoms with Crippen LogP contribution in [0.15, 0.2) is 48.7 Å². The van der Waals surface area contributed by atoms with Crippen molar-refractivity contribution < 1.29 is 18.7 Å². The molecule has 24 heavy (non-hydrogen) atoms. The van der Waals surface area contributed by atoms with Crippen LogP contribution >= 0.6 is 0 Å². The monoisotopic (exact) mass is 330 g/mol. The van der Waals surface area contributed by atoms with E-state index in [2.05, 4.69) is 0 Å². The quantitative estimate of drug-likeness (QED) is 0.624. The molecule has 2 heterocycles. The van der Waals surface area contributed by atoms with Crippen molar-refractivity contribution in [3.05, 3.63) is 70.9 Å². The first-order valence-electron chi connectivity index (χ1n) is 7.97. The van der Waals surface area contributed by atoms with Crippen LogP contribution in [0, 0.1) is 11.0 Å². The van der Waals surface area contributed by atoms with Crippen LogP contribution in [0.3, 0.4) is 0 Å². The van der Waals surface area contributed by atoms with Crippen molar-refractivity contribution in [3.63, 3.8) is 0 Å². The Hall–Kier alpha value is -2.47. The van der Waals surface area contributed by atoms with Gasteiger partial charge < -0.3 is 14.8 Å². The van der Waals surface area contributed by atoms with Gasteiger partial charge in [0.15, 0.2) is 6.20 Å². The summed E-state index contributed by atoms with van der Waals surface area (Å²) < 4.78 is 19.6. The lowest BCUT2D eigenvalue weighted by Gasteiger charge is -2.25. The molecule has 0 bridgehead atoms. The molecule has 1 fully saturated rings. The second kappa shape index (κ2) is 7.40. The number of hydrogen-bond donors (Lipinski definition) is 0. The number of carbonyl (C=O) groups excluding carboxylic acids is 1. The van der Waals surface area contributed by atoms with Gasteiger partial charge in [-0.05, 0) is 36.6 Å². The molecule has 1 aliphatic heterocycles. The lowest BCUT2D eigenvalue weighted by atomic mass is 10.1. The van der Waals surface area contributed by atoms with E-state index >= 15 is 0 Å². The van der Waals surface area contributed by atoms with Crippen molar-refractivity contribution in [3.8, 4) is 0 Å². The number of pyridine rings is 1. The van der Waals surface area contributed by atoms with E-state index in [1.165, 1.54) is 24.4 Å². The summed E-state index contributed by atoms with van der Waals surface area (Å²) in [6, 6.07) is 10.8. The summed E-state index contributed by atoms with van der Waals surface area (Å²) in [6.45, 7) is 1.29. The van der Waals surface area contributed by atoms with Crippen molar-refractivity contribution in [1.82, 2.24) is 4.90 Å². The van der Waals surface area contributed by atoms with E-state index in [4.69, 9.17) is 4.74 Å². The Bertz CT molecular complexity index is 717. The van der Waals surface area contributed by atoms with Gasteiger partial charge >= 0.3 is 5.91 Å². The van der Waals surface area contributed by atoms with Gasteiger partial charge in [-0.3, -0.25) is 4.79 Å². The van der Waals surface area contributed by atoms with Gasteiger partial charge in [-0.25, -0.2) is 4.39 Å². The second-order valence-electron chi connectivity index (χ2n) is 5.86. The summed E-state index contributed by atoms with van der Waals surface area (Å²) >= 11 is 0. The van der Waals surface area contributed by atoms with Gasteiger partial charge in [-0.1, -0.05) is 12.1 Å². The summed E-state index contributed by atoms with van der Waals surface area (Å²) in [4.78, 5) is 14.3. The zero-order valence-corrected chi connectivity index (χ0v) is 13.2. The number of halogens is 1. The highest BCUT2D eigenvalue weighted by atomic mass is 19.1. The average Bonchev–Trinajstić information content (AvgIpc) is 3.07. The number of aromatic nitrogens is 1. The normalized spacial score (nSPS) is 17.0. The fraction of sp³-hybridized carbons (Fsp3) is 0.333. The summed E-state index contributed by atoms with van der Waals surface area (Å²) in [5.74, 6) is -0.735. The van der Waals surface area contributed by atoms with E-state index in [9.17, 15) is 14.4 Å². The molecule has 5 nitrogen and oxygen atoms in total. The molecule has 1 amide bonds. The highest BCUT2D eigenvalue weighted by Crippen LogP contribution is 2.17. The molecule has 2 aromatic rings. The fourth-order valence-electron chi connectivity index (χ4n) is 2.86. The molecular weight excluding hydrogens is 311 g/mol. The number of ether oxygens (including phenoxy) is 1. The molecule has 1 unspecified atom stereocenters. The highest BCUT2D eigenvalue weighted by Gasteiger charge is 2.27. The molecule has 1 aliphatic rings. The maximum atomic E-state index is 13.4. The largest absolute Gasteiger partial charge is 0.618 e. The van der Waals surface area contributed by atoms with E-state index in [1.807, 2.05) is 0 Å². The topological polar surface area (TPSA) is 56.5 Å². The molecule has 3 rings (SSSR count). The van der Waals surface area contributed by atoms with E-state index in [-0.39, 0.29) is 30.1 Å². The Kier molecular flexibility index (Phi) is 5.05. The molecule has 0 saturated carbocycles. The van der Waals surface area contributed by atoms with Crippen molar-refractivity contribution in [2.24, 2.45) is 0 Å². The smallest absolute Gasteiger partial charge is 0.320 e. The van der Waals surface area contributed by atoms with E-state index in [0.717, 1.165) is 12.8 Å². The van der Waals surface area contributed by atoms with Crippen LogP contribution in [0.4, 0.5) is 4.39 Å². The van der Waals surface area contributed by atoms with Crippen molar-refractivity contribution in [2.75, 3.05) is 13.2 Å². The standard InChI is InChI=1S/C18H19FN2O3/c19-15-6-3-5-14(11-15)12-20(13-16-7-4-10-24-16)18(22)17-8-1-2-9-21(17)23/h1-3,5-6,8-9,11,16H,4,7,10,12-13H2. The van der Waals surface area contributed by atoms with Gasteiger partial charge in [-0.15, -0.1) is 0 Å². The summed E-state index contributed by atoms with van der Waals surface area (Å²) in [5, 5.41) is 11.9. The number of rotatable bonds is 5. The molecule has 126 valence electrons. The minimum Gasteiger partial charge on any atom is -0.618 e. The molecule has 6 heteroatoms. The Labute approximate surface area is 139 Å². The Morgan fingerprint density at radius 1 is 1.33 bits per heavy atom. The molecule has 0 N–H and O–H groups in total. The van der Waals surface area contributed by atoms with Gasteiger partial charge in [0.1, 0.15) is 5.82 Å².